The maximum absolute atomic E-state index is 4.92. The number of hydrogen-bond donors (Lipinski definition) is 2. The molecule has 3 aromatic rings. The first-order valence-electron chi connectivity index (χ1n) is 11.7. The van der Waals surface area contributed by atoms with Gasteiger partial charge in [0.05, 0.1) is 16.6 Å². The first kappa shape index (κ1) is 24.1. The van der Waals surface area contributed by atoms with E-state index in [1.54, 1.807) is 0 Å². The van der Waals surface area contributed by atoms with E-state index >= 15 is 0 Å². The number of H-pyrrole nitrogens is 2. The Balaban J connectivity index is 1.80. The molecule has 6 heteroatoms. The molecule has 178 valence electrons. The third kappa shape index (κ3) is 5.08. The predicted molar refractivity (Wildman–Crippen MR) is 147 cm³/mol. The molecule has 0 spiro atoms. The molecule has 0 amide bonds. The summed E-state index contributed by atoms with van der Waals surface area (Å²) in [4.78, 5) is 15.1. The number of nitrogens with one attached hydrogen (secondary N) is 2. The van der Waals surface area contributed by atoms with Gasteiger partial charge in [-0.2, -0.15) is 5.10 Å². The number of imidazole rings is 1. The van der Waals surface area contributed by atoms with E-state index < -0.39 is 0 Å². The molecule has 2 N–H and O–H groups in total. The topological polar surface area (TPSA) is 73.5 Å². The van der Waals surface area contributed by atoms with E-state index in [1.165, 1.54) is 0 Å². The summed E-state index contributed by atoms with van der Waals surface area (Å²) < 4.78 is 0. The third-order valence-corrected chi connectivity index (χ3v) is 5.89. The molecular weight excluding hydrogens is 432 g/mol. The number of likely N-dealkylation sites (N-methyl/N-ethyl adjacent to an activating group) is 1. The van der Waals surface area contributed by atoms with E-state index in [0.717, 1.165) is 68.2 Å². The van der Waals surface area contributed by atoms with Crippen molar-refractivity contribution >= 4 is 28.8 Å². The van der Waals surface area contributed by atoms with E-state index in [4.69, 9.17) is 4.98 Å². The van der Waals surface area contributed by atoms with Gasteiger partial charge in [0.2, 0.25) is 0 Å². The molecule has 0 fully saturated rings. The number of allylic oxidation sites excluding steroid dienone is 8. The maximum atomic E-state index is 4.92. The molecule has 1 aliphatic carbocycles. The highest BCUT2D eigenvalue weighted by Crippen LogP contribution is 2.27. The molecule has 0 unspecified atom stereocenters. The van der Waals surface area contributed by atoms with Gasteiger partial charge in [0.25, 0.3) is 0 Å². The zero-order valence-electron chi connectivity index (χ0n) is 20.9. The summed E-state index contributed by atoms with van der Waals surface area (Å²) in [6, 6.07) is 1.95. The van der Waals surface area contributed by atoms with Gasteiger partial charge in [0.15, 0.2) is 5.82 Å². The molecule has 0 aromatic carbocycles. The molecule has 0 saturated heterocycles. The van der Waals surface area contributed by atoms with E-state index in [9.17, 15) is 0 Å². The summed E-state index contributed by atoms with van der Waals surface area (Å²) in [5.74, 6) is 0.692. The SMILES string of the molecule is C=C/C(=C\C(=C/C)C(=C)/C=c1/c(-c2nc3c(C4=CCC=C4)nccc3[nH]2)n[nH]/c1=C/C)CN(C)C. The number of hydrogen-bond acceptors (Lipinski definition) is 4. The van der Waals surface area contributed by atoms with E-state index in [1.807, 2.05) is 52.4 Å². The highest BCUT2D eigenvalue weighted by Gasteiger charge is 2.16. The van der Waals surface area contributed by atoms with Crippen LogP contribution in [0.1, 0.15) is 26.0 Å². The maximum Gasteiger partial charge on any atom is 0.159 e. The van der Waals surface area contributed by atoms with Crippen LogP contribution >= 0.6 is 0 Å². The van der Waals surface area contributed by atoms with Crippen molar-refractivity contribution in [1.29, 1.82) is 0 Å². The minimum Gasteiger partial charge on any atom is -0.336 e. The fourth-order valence-corrected chi connectivity index (χ4v) is 4.16. The van der Waals surface area contributed by atoms with E-state index in [2.05, 4.69) is 74.7 Å². The van der Waals surface area contributed by atoms with Crippen molar-refractivity contribution in [3.05, 3.63) is 94.9 Å². The van der Waals surface area contributed by atoms with Crippen molar-refractivity contribution in [1.82, 2.24) is 30.0 Å². The summed E-state index contributed by atoms with van der Waals surface area (Å²) in [6.07, 6.45) is 19.3. The second kappa shape index (κ2) is 10.5. The van der Waals surface area contributed by atoms with Crippen molar-refractivity contribution in [2.75, 3.05) is 20.6 Å². The van der Waals surface area contributed by atoms with Crippen LogP contribution in [0.25, 0.3) is 40.3 Å². The van der Waals surface area contributed by atoms with Gasteiger partial charge >= 0.3 is 0 Å². The lowest BCUT2D eigenvalue weighted by Gasteiger charge is -2.11. The van der Waals surface area contributed by atoms with Crippen LogP contribution in [0, 0.1) is 0 Å². The van der Waals surface area contributed by atoms with Crippen molar-refractivity contribution < 1.29 is 0 Å². The Bertz CT molecular complexity index is 1520. The van der Waals surface area contributed by atoms with Gasteiger partial charge in [-0.3, -0.25) is 10.1 Å². The van der Waals surface area contributed by atoms with Crippen molar-refractivity contribution in [3.63, 3.8) is 0 Å². The third-order valence-electron chi connectivity index (χ3n) is 5.89. The Kier molecular flexibility index (Phi) is 7.22. The molecule has 0 atom stereocenters. The normalized spacial score (nSPS) is 15.5. The van der Waals surface area contributed by atoms with Gasteiger partial charge in [-0.15, -0.1) is 0 Å². The van der Waals surface area contributed by atoms with Gasteiger partial charge in [-0.05, 0) is 68.8 Å². The molecule has 0 bridgehead atoms. The summed E-state index contributed by atoms with van der Waals surface area (Å²) >= 11 is 0. The van der Waals surface area contributed by atoms with Gasteiger partial charge < -0.3 is 9.88 Å². The monoisotopic (exact) mass is 464 g/mol. The first-order chi connectivity index (χ1) is 16.9. The standard InChI is InChI=1S/C29H32N6/c1-7-20(18-35(5)6)17-21(8-2)19(4)16-23-24(9-3)33-34-27(23)29-31-25-14-15-30-26(28(25)32-29)22-12-10-11-13-22/h7-10,12-17,33H,1,4,11,18H2,2-3,5-6H3,(H,31,32)/b20-17+,21-8+,23-16+,24-9+. The molecule has 6 nitrogen and oxygen atoms in total. The van der Waals surface area contributed by atoms with Crippen LogP contribution in [-0.2, 0) is 0 Å². The second-order valence-electron chi connectivity index (χ2n) is 8.70. The van der Waals surface area contributed by atoms with Crippen LogP contribution in [0.5, 0.6) is 0 Å². The van der Waals surface area contributed by atoms with Gasteiger partial charge in [0, 0.05) is 18.0 Å². The summed E-state index contributed by atoms with van der Waals surface area (Å²) in [6.45, 7) is 13.1. The van der Waals surface area contributed by atoms with Crippen LogP contribution < -0.4 is 10.6 Å². The summed E-state index contributed by atoms with van der Waals surface area (Å²) in [5, 5.41) is 9.60. The summed E-state index contributed by atoms with van der Waals surface area (Å²) in [5.41, 5.74) is 7.53. The molecule has 3 aromatic heterocycles. The van der Waals surface area contributed by atoms with Crippen molar-refractivity contribution in [3.8, 4) is 11.5 Å². The quantitative estimate of drug-likeness (QED) is 0.483. The molecule has 4 rings (SSSR count). The van der Waals surface area contributed by atoms with Crippen LogP contribution in [0.2, 0.25) is 0 Å². The lowest BCUT2D eigenvalue weighted by molar-refractivity contribution is 0.449. The first-order valence-corrected chi connectivity index (χ1v) is 11.7. The summed E-state index contributed by atoms with van der Waals surface area (Å²) in [7, 11) is 4.09. The van der Waals surface area contributed by atoms with Crippen LogP contribution in [0.4, 0.5) is 0 Å². The minimum absolute atomic E-state index is 0.692. The number of aromatic amines is 2. The number of pyridine rings is 1. The lowest BCUT2D eigenvalue weighted by atomic mass is 10.0. The smallest absolute Gasteiger partial charge is 0.159 e. The second-order valence-corrected chi connectivity index (χ2v) is 8.70. The number of aromatic nitrogens is 5. The number of rotatable bonds is 8. The van der Waals surface area contributed by atoms with Crippen molar-refractivity contribution in [2.24, 2.45) is 0 Å². The Morgan fingerprint density at radius 1 is 1.23 bits per heavy atom. The Morgan fingerprint density at radius 3 is 2.71 bits per heavy atom. The largest absolute Gasteiger partial charge is 0.336 e. The van der Waals surface area contributed by atoms with Crippen LogP contribution in [0.15, 0.2) is 78.6 Å². The average Bonchev–Trinajstić information content (AvgIpc) is 3.60. The Hall–Kier alpha value is -4.03. The molecule has 0 saturated carbocycles. The number of nitrogens with zero attached hydrogens (tertiary/aromatic N) is 4. The molecule has 0 aliphatic heterocycles. The number of fused-ring (bicyclic) bond motifs is 1. The van der Waals surface area contributed by atoms with Crippen LogP contribution in [0.3, 0.4) is 0 Å². The van der Waals surface area contributed by atoms with E-state index in [0.29, 0.717) is 5.82 Å². The van der Waals surface area contributed by atoms with Gasteiger partial charge in [-0.25, -0.2) is 4.98 Å². The zero-order valence-corrected chi connectivity index (χ0v) is 20.9. The lowest BCUT2D eigenvalue weighted by Crippen LogP contribution is -2.24. The highest BCUT2D eigenvalue weighted by molar-refractivity contribution is 5.92. The Labute approximate surface area is 206 Å². The molecule has 3 heterocycles. The Morgan fingerprint density at radius 2 is 2.06 bits per heavy atom. The van der Waals surface area contributed by atoms with E-state index in [-0.39, 0.29) is 0 Å². The minimum atomic E-state index is 0.692. The fourth-order valence-electron chi connectivity index (χ4n) is 4.16. The molecule has 1 aliphatic rings. The van der Waals surface area contributed by atoms with Gasteiger partial charge in [-0.1, -0.05) is 55.7 Å². The van der Waals surface area contributed by atoms with Crippen molar-refractivity contribution in [2.45, 2.75) is 20.3 Å². The predicted octanol–water partition coefficient (Wildman–Crippen LogP) is 4.45. The molecular formula is C29H32N6. The highest BCUT2D eigenvalue weighted by atomic mass is 15.1. The van der Waals surface area contributed by atoms with Gasteiger partial charge in [0.1, 0.15) is 11.2 Å². The zero-order chi connectivity index (χ0) is 24.9. The van der Waals surface area contributed by atoms with Crippen LogP contribution in [-0.4, -0.2) is 50.7 Å². The molecule has 0 radical (unpaired) electrons. The fraction of sp³-hybridized carbons (Fsp3) is 0.207. The average molecular weight is 465 g/mol. The molecule has 35 heavy (non-hydrogen) atoms.